The first kappa shape index (κ1) is 11.4. The van der Waals surface area contributed by atoms with Crippen LogP contribution in [0, 0.1) is 0 Å². The Balaban J connectivity index is 3.56. The number of ether oxygens (including phenoxy) is 1. The van der Waals surface area contributed by atoms with Crippen molar-refractivity contribution in [3.63, 3.8) is 0 Å². The maximum atomic E-state index is 10.6. The van der Waals surface area contributed by atoms with Crippen LogP contribution in [0.25, 0.3) is 0 Å². The molecule has 1 N–H and O–H groups in total. The molecule has 3 heteroatoms. The van der Waals surface area contributed by atoms with Crippen LogP contribution in [-0.2, 0) is 9.53 Å². The Morgan fingerprint density at radius 3 is 2.50 bits per heavy atom. The first-order chi connectivity index (χ1) is 5.72. The van der Waals surface area contributed by atoms with E-state index in [1.54, 1.807) is 0 Å². The second kappa shape index (κ2) is 7.10. The minimum atomic E-state index is -0.840. The van der Waals surface area contributed by atoms with Gasteiger partial charge in [-0.25, -0.2) is 4.79 Å². The van der Waals surface area contributed by atoms with E-state index in [-0.39, 0.29) is 0 Å². The second-order valence-electron chi connectivity index (χ2n) is 2.78. The van der Waals surface area contributed by atoms with E-state index in [0.717, 1.165) is 19.3 Å². The molecule has 3 nitrogen and oxygen atoms in total. The van der Waals surface area contributed by atoms with Gasteiger partial charge in [0.15, 0.2) is 6.10 Å². The fourth-order valence-corrected chi connectivity index (χ4v) is 1.06. The molecule has 0 aromatic carbocycles. The van der Waals surface area contributed by atoms with Crippen LogP contribution in [0.1, 0.15) is 39.5 Å². The molecule has 0 saturated heterocycles. The van der Waals surface area contributed by atoms with Gasteiger partial charge in [0.1, 0.15) is 0 Å². The summed E-state index contributed by atoms with van der Waals surface area (Å²) >= 11 is 0. The van der Waals surface area contributed by atoms with Crippen molar-refractivity contribution in [2.24, 2.45) is 0 Å². The van der Waals surface area contributed by atoms with Crippen molar-refractivity contribution in [1.29, 1.82) is 0 Å². The minimum Gasteiger partial charge on any atom is -0.479 e. The van der Waals surface area contributed by atoms with Gasteiger partial charge in [-0.1, -0.05) is 26.2 Å². The lowest BCUT2D eigenvalue weighted by Crippen LogP contribution is -2.23. The normalized spacial score (nSPS) is 12.8. The molecule has 0 aliphatic carbocycles. The molecule has 72 valence electrons. The quantitative estimate of drug-likeness (QED) is 0.601. The molecule has 0 rings (SSSR count). The van der Waals surface area contributed by atoms with Crippen LogP contribution in [0.3, 0.4) is 0 Å². The summed E-state index contributed by atoms with van der Waals surface area (Å²) in [6.45, 7) is 4.38. The highest BCUT2D eigenvalue weighted by atomic mass is 16.5. The number of carboxylic acid groups (broad SMARTS) is 1. The van der Waals surface area contributed by atoms with E-state index in [2.05, 4.69) is 6.92 Å². The van der Waals surface area contributed by atoms with Gasteiger partial charge in [0, 0.05) is 6.61 Å². The maximum absolute atomic E-state index is 10.6. The van der Waals surface area contributed by atoms with Gasteiger partial charge in [-0.2, -0.15) is 0 Å². The molecule has 0 radical (unpaired) electrons. The monoisotopic (exact) mass is 174 g/mol. The van der Waals surface area contributed by atoms with Crippen molar-refractivity contribution in [2.45, 2.75) is 45.6 Å². The number of carboxylic acids is 1. The molecule has 1 unspecified atom stereocenters. The Bertz CT molecular complexity index is 123. The molecule has 0 aliphatic heterocycles. The Labute approximate surface area is 73.7 Å². The highest BCUT2D eigenvalue weighted by Gasteiger charge is 2.15. The zero-order valence-electron chi connectivity index (χ0n) is 7.88. The topological polar surface area (TPSA) is 46.5 Å². The molecule has 0 aromatic rings. The van der Waals surface area contributed by atoms with E-state index in [4.69, 9.17) is 9.84 Å². The van der Waals surface area contributed by atoms with Crippen LogP contribution in [0.4, 0.5) is 0 Å². The Kier molecular flexibility index (Phi) is 6.76. The molecule has 0 saturated carbocycles. The number of hydrogen-bond donors (Lipinski definition) is 1. The van der Waals surface area contributed by atoms with Crippen LogP contribution in [-0.4, -0.2) is 23.8 Å². The van der Waals surface area contributed by atoms with Crippen LogP contribution < -0.4 is 0 Å². The smallest absolute Gasteiger partial charge is 0.332 e. The summed E-state index contributed by atoms with van der Waals surface area (Å²) in [6, 6.07) is 0. The zero-order valence-corrected chi connectivity index (χ0v) is 7.88. The fraction of sp³-hybridized carbons (Fsp3) is 0.889. The van der Waals surface area contributed by atoms with Gasteiger partial charge in [-0.3, -0.25) is 0 Å². The molecule has 0 heterocycles. The number of hydrogen-bond acceptors (Lipinski definition) is 2. The lowest BCUT2D eigenvalue weighted by Gasteiger charge is -2.11. The summed E-state index contributed by atoms with van der Waals surface area (Å²) in [5.74, 6) is -0.840. The minimum absolute atomic E-state index is 0.475. The largest absolute Gasteiger partial charge is 0.479 e. The zero-order chi connectivity index (χ0) is 9.40. The van der Waals surface area contributed by atoms with Gasteiger partial charge < -0.3 is 9.84 Å². The summed E-state index contributed by atoms with van der Waals surface area (Å²) in [6.07, 6.45) is 3.17. The molecule has 0 aromatic heterocycles. The Hall–Kier alpha value is -0.570. The van der Waals surface area contributed by atoms with Crippen molar-refractivity contribution < 1.29 is 14.6 Å². The lowest BCUT2D eigenvalue weighted by molar-refractivity contribution is -0.150. The highest BCUT2D eigenvalue weighted by molar-refractivity contribution is 5.72. The molecule has 0 bridgehead atoms. The maximum Gasteiger partial charge on any atom is 0.332 e. The molecule has 1 atom stereocenters. The third kappa shape index (κ3) is 5.13. The standard InChI is InChI=1S/C9H18O3/c1-3-5-6-7-8(9(10)11)12-4-2/h8H,3-7H2,1-2H3,(H,10,11). The second-order valence-corrected chi connectivity index (χ2v) is 2.78. The molecular weight excluding hydrogens is 156 g/mol. The van der Waals surface area contributed by atoms with Crippen LogP contribution in [0.5, 0.6) is 0 Å². The molecule has 0 fully saturated rings. The van der Waals surface area contributed by atoms with Gasteiger partial charge in [-0.05, 0) is 13.3 Å². The molecule has 0 amide bonds. The Morgan fingerprint density at radius 2 is 2.08 bits per heavy atom. The third-order valence-electron chi connectivity index (χ3n) is 1.71. The van der Waals surface area contributed by atoms with Gasteiger partial charge >= 0.3 is 5.97 Å². The summed E-state index contributed by atoms with van der Waals surface area (Å²) in [5, 5.41) is 8.68. The SMILES string of the molecule is CCCCCC(OCC)C(=O)O. The van der Waals surface area contributed by atoms with Crippen molar-refractivity contribution >= 4 is 5.97 Å². The van der Waals surface area contributed by atoms with Crippen molar-refractivity contribution in [1.82, 2.24) is 0 Å². The predicted octanol–water partition coefficient (Wildman–Crippen LogP) is 2.06. The van der Waals surface area contributed by atoms with Gasteiger partial charge in [0.05, 0.1) is 0 Å². The van der Waals surface area contributed by atoms with E-state index < -0.39 is 12.1 Å². The van der Waals surface area contributed by atoms with Crippen LogP contribution >= 0.6 is 0 Å². The van der Waals surface area contributed by atoms with Crippen molar-refractivity contribution in [3.8, 4) is 0 Å². The number of aliphatic carboxylic acids is 1. The van der Waals surface area contributed by atoms with E-state index in [0.29, 0.717) is 13.0 Å². The van der Waals surface area contributed by atoms with Crippen LogP contribution in [0.15, 0.2) is 0 Å². The number of carbonyl (C=O) groups is 1. The van der Waals surface area contributed by atoms with Crippen molar-refractivity contribution in [2.75, 3.05) is 6.61 Å². The molecule has 0 aliphatic rings. The average molecular weight is 174 g/mol. The van der Waals surface area contributed by atoms with E-state index >= 15 is 0 Å². The molecular formula is C9H18O3. The lowest BCUT2D eigenvalue weighted by atomic mass is 10.1. The summed E-state index contributed by atoms with van der Waals surface area (Å²) in [7, 11) is 0. The predicted molar refractivity (Wildman–Crippen MR) is 47.2 cm³/mol. The van der Waals surface area contributed by atoms with Crippen LogP contribution in [0.2, 0.25) is 0 Å². The average Bonchev–Trinajstić information content (AvgIpc) is 2.03. The summed E-state index contributed by atoms with van der Waals surface area (Å²) in [4.78, 5) is 10.6. The fourth-order valence-electron chi connectivity index (χ4n) is 1.06. The van der Waals surface area contributed by atoms with Gasteiger partial charge in [-0.15, -0.1) is 0 Å². The summed E-state index contributed by atoms with van der Waals surface area (Å²) < 4.78 is 5.05. The summed E-state index contributed by atoms with van der Waals surface area (Å²) in [5.41, 5.74) is 0. The first-order valence-corrected chi connectivity index (χ1v) is 4.56. The first-order valence-electron chi connectivity index (χ1n) is 4.56. The third-order valence-corrected chi connectivity index (χ3v) is 1.71. The van der Waals surface area contributed by atoms with Gasteiger partial charge in [0.2, 0.25) is 0 Å². The number of unbranched alkanes of at least 4 members (excludes halogenated alkanes) is 2. The molecule has 0 spiro atoms. The van der Waals surface area contributed by atoms with E-state index in [1.807, 2.05) is 6.92 Å². The van der Waals surface area contributed by atoms with Crippen molar-refractivity contribution in [3.05, 3.63) is 0 Å². The van der Waals surface area contributed by atoms with E-state index in [9.17, 15) is 4.79 Å². The van der Waals surface area contributed by atoms with Gasteiger partial charge in [0.25, 0.3) is 0 Å². The molecule has 12 heavy (non-hydrogen) atoms. The highest BCUT2D eigenvalue weighted by Crippen LogP contribution is 2.06. The van der Waals surface area contributed by atoms with E-state index in [1.165, 1.54) is 0 Å². The number of rotatable bonds is 7. The Morgan fingerprint density at radius 1 is 1.42 bits per heavy atom.